The van der Waals surface area contributed by atoms with Crippen molar-refractivity contribution in [2.24, 2.45) is 0 Å². The van der Waals surface area contributed by atoms with Gasteiger partial charge in [-0.3, -0.25) is 10.1 Å². The Bertz CT molecular complexity index is 494. The van der Waals surface area contributed by atoms with Crippen LogP contribution in [0, 0.1) is 14.0 Å². The molecule has 0 spiro atoms. The van der Waals surface area contributed by atoms with Gasteiger partial charge in [0.2, 0.25) is 5.89 Å². The normalized spacial score (nSPS) is 10.2. The van der Waals surface area contributed by atoms with E-state index in [9.17, 15) is 10.1 Å². The molecule has 0 N–H and O–H groups in total. The molecule has 0 unspecified atom stereocenters. The summed E-state index contributed by atoms with van der Waals surface area (Å²) in [6, 6.07) is 5.93. The zero-order chi connectivity index (χ0) is 10.8. The molecule has 0 saturated carbocycles. The van der Waals surface area contributed by atoms with E-state index in [0.717, 1.165) is 0 Å². The maximum atomic E-state index is 10.4. The molecular formula is C8H4IN3O3. The van der Waals surface area contributed by atoms with E-state index < -0.39 is 4.92 Å². The highest BCUT2D eigenvalue weighted by atomic mass is 127. The van der Waals surface area contributed by atoms with Crippen molar-refractivity contribution in [3.8, 4) is 11.5 Å². The van der Waals surface area contributed by atoms with Crippen LogP contribution >= 0.6 is 22.6 Å². The van der Waals surface area contributed by atoms with Crippen molar-refractivity contribution in [1.29, 1.82) is 0 Å². The number of aromatic nitrogens is 2. The number of halogens is 1. The molecule has 1 aromatic carbocycles. The van der Waals surface area contributed by atoms with Gasteiger partial charge in [-0.2, -0.15) is 0 Å². The van der Waals surface area contributed by atoms with Gasteiger partial charge in [-0.05, 0) is 12.1 Å². The average Bonchev–Trinajstić information content (AvgIpc) is 2.65. The van der Waals surface area contributed by atoms with Gasteiger partial charge in [-0.15, -0.1) is 10.2 Å². The van der Waals surface area contributed by atoms with Crippen molar-refractivity contribution < 1.29 is 9.34 Å². The number of nitrogens with zero attached hydrogens (tertiary/aromatic N) is 3. The minimum Gasteiger partial charge on any atom is -0.412 e. The number of non-ortho nitro benzene ring substituents is 1. The standard InChI is InChI=1S/C8H4IN3O3/c9-8-11-10-7(15-8)5-1-3-6(4-2-5)12(13)14/h1-4H. The van der Waals surface area contributed by atoms with Crippen LogP contribution in [0.2, 0.25) is 0 Å². The van der Waals surface area contributed by atoms with Gasteiger partial charge in [0.05, 0.1) is 4.92 Å². The quantitative estimate of drug-likeness (QED) is 0.482. The summed E-state index contributed by atoms with van der Waals surface area (Å²) in [5.41, 5.74) is 0.698. The number of hydrogen-bond donors (Lipinski definition) is 0. The third-order valence-corrected chi connectivity index (χ3v) is 2.16. The Balaban J connectivity index is 2.35. The summed E-state index contributed by atoms with van der Waals surface area (Å²) in [6.45, 7) is 0. The molecule has 6 nitrogen and oxygen atoms in total. The molecule has 15 heavy (non-hydrogen) atoms. The topological polar surface area (TPSA) is 82.1 Å². The fourth-order valence-corrected chi connectivity index (χ4v) is 1.36. The Labute approximate surface area is 97.6 Å². The summed E-state index contributed by atoms with van der Waals surface area (Å²) < 4.78 is 5.60. The first kappa shape index (κ1) is 10.0. The van der Waals surface area contributed by atoms with Crippen LogP contribution in [0.5, 0.6) is 0 Å². The van der Waals surface area contributed by atoms with E-state index in [-0.39, 0.29) is 5.69 Å². The molecule has 2 rings (SSSR count). The Morgan fingerprint density at radius 1 is 1.27 bits per heavy atom. The predicted octanol–water partition coefficient (Wildman–Crippen LogP) is 2.25. The molecular weight excluding hydrogens is 313 g/mol. The van der Waals surface area contributed by atoms with Crippen molar-refractivity contribution >= 4 is 28.3 Å². The van der Waals surface area contributed by atoms with Gasteiger partial charge in [0, 0.05) is 40.3 Å². The van der Waals surface area contributed by atoms with Crippen molar-refractivity contribution in [1.82, 2.24) is 10.2 Å². The van der Waals surface area contributed by atoms with Gasteiger partial charge in [0.25, 0.3) is 9.58 Å². The van der Waals surface area contributed by atoms with Crippen molar-refractivity contribution in [2.45, 2.75) is 0 Å². The lowest BCUT2D eigenvalue weighted by molar-refractivity contribution is -0.384. The monoisotopic (exact) mass is 317 g/mol. The van der Waals surface area contributed by atoms with E-state index in [1.54, 1.807) is 12.1 Å². The van der Waals surface area contributed by atoms with Crippen LogP contribution in [-0.2, 0) is 0 Å². The molecule has 7 heteroatoms. The Kier molecular flexibility index (Phi) is 2.62. The summed E-state index contributed by atoms with van der Waals surface area (Å²) in [5, 5.41) is 17.9. The lowest BCUT2D eigenvalue weighted by atomic mass is 10.2. The first-order valence-electron chi connectivity index (χ1n) is 3.90. The SMILES string of the molecule is O=[N+]([O-])c1ccc(-c2nnc(I)o2)cc1. The first-order chi connectivity index (χ1) is 7.16. The minimum atomic E-state index is -0.457. The number of hydrogen-bond acceptors (Lipinski definition) is 5. The van der Waals surface area contributed by atoms with Crippen LogP contribution in [0.1, 0.15) is 0 Å². The van der Waals surface area contributed by atoms with Crippen LogP contribution in [0.25, 0.3) is 11.5 Å². The zero-order valence-electron chi connectivity index (χ0n) is 7.25. The fraction of sp³-hybridized carbons (Fsp3) is 0. The number of benzene rings is 1. The molecule has 0 amide bonds. The molecule has 76 valence electrons. The Morgan fingerprint density at radius 2 is 1.93 bits per heavy atom. The molecule has 0 radical (unpaired) electrons. The largest absolute Gasteiger partial charge is 0.412 e. The van der Waals surface area contributed by atoms with Gasteiger partial charge in [-0.1, -0.05) is 0 Å². The zero-order valence-corrected chi connectivity index (χ0v) is 9.41. The van der Waals surface area contributed by atoms with E-state index >= 15 is 0 Å². The van der Waals surface area contributed by atoms with Crippen LogP contribution < -0.4 is 0 Å². The Hall–Kier alpha value is -1.51. The third-order valence-electron chi connectivity index (χ3n) is 1.73. The second-order valence-electron chi connectivity index (χ2n) is 2.66. The summed E-state index contributed by atoms with van der Waals surface area (Å²) in [6.07, 6.45) is 0. The average molecular weight is 317 g/mol. The highest BCUT2D eigenvalue weighted by molar-refractivity contribution is 14.1. The maximum absolute atomic E-state index is 10.4. The molecule has 2 aromatic rings. The van der Waals surface area contributed by atoms with Gasteiger partial charge < -0.3 is 4.42 Å². The highest BCUT2D eigenvalue weighted by Crippen LogP contribution is 2.21. The molecule has 0 aliphatic carbocycles. The van der Waals surface area contributed by atoms with E-state index in [1.807, 2.05) is 22.6 Å². The summed E-state index contributed by atoms with van der Waals surface area (Å²) in [4.78, 5) is 9.95. The van der Waals surface area contributed by atoms with Crippen LogP contribution in [-0.4, -0.2) is 15.1 Å². The number of nitro benzene ring substituents is 1. The Morgan fingerprint density at radius 3 is 2.40 bits per heavy atom. The smallest absolute Gasteiger partial charge is 0.278 e. The predicted molar refractivity (Wildman–Crippen MR) is 59.1 cm³/mol. The van der Waals surface area contributed by atoms with Crippen molar-refractivity contribution in [3.63, 3.8) is 0 Å². The molecule has 0 bridgehead atoms. The van der Waals surface area contributed by atoms with E-state index in [2.05, 4.69) is 10.2 Å². The lowest BCUT2D eigenvalue weighted by Gasteiger charge is -1.93. The van der Waals surface area contributed by atoms with Gasteiger partial charge in [0.15, 0.2) is 0 Å². The van der Waals surface area contributed by atoms with Gasteiger partial charge in [0.1, 0.15) is 0 Å². The fourth-order valence-electron chi connectivity index (χ4n) is 1.05. The number of nitro groups is 1. The maximum Gasteiger partial charge on any atom is 0.278 e. The molecule has 1 heterocycles. The highest BCUT2D eigenvalue weighted by Gasteiger charge is 2.09. The van der Waals surface area contributed by atoms with E-state index in [0.29, 0.717) is 15.4 Å². The van der Waals surface area contributed by atoms with E-state index in [4.69, 9.17) is 4.42 Å². The molecule has 0 saturated heterocycles. The summed E-state index contributed by atoms with van der Waals surface area (Å²) in [7, 11) is 0. The molecule has 1 aromatic heterocycles. The van der Waals surface area contributed by atoms with E-state index in [1.165, 1.54) is 12.1 Å². The van der Waals surface area contributed by atoms with Crippen molar-refractivity contribution in [2.75, 3.05) is 0 Å². The molecule has 0 fully saturated rings. The van der Waals surface area contributed by atoms with Crippen LogP contribution in [0.4, 0.5) is 5.69 Å². The summed E-state index contributed by atoms with van der Waals surface area (Å²) >= 11 is 1.90. The third kappa shape index (κ3) is 2.12. The van der Waals surface area contributed by atoms with Gasteiger partial charge >= 0.3 is 0 Å². The summed E-state index contributed by atoms with van der Waals surface area (Å²) in [5.74, 6) is 0.356. The van der Waals surface area contributed by atoms with Crippen molar-refractivity contribution in [3.05, 3.63) is 38.3 Å². The number of rotatable bonds is 2. The first-order valence-corrected chi connectivity index (χ1v) is 4.98. The van der Waals surface area contributed by atoms with Crippen LogP contribution in [0.3, 0.4) is 0 Å². The molecule has 0 atom stereocenters. The second kappa shape index (κ2) is 3.93. The second-order valence-corrected chi connectivity index (χ2v) is 3.59. The van der Waals surface area contributed by atoms with Gasteiger partial charge in [-0.25, -0.2) is 0 Å². The van der Waals surface area contributed by atoms with Crippen LogP contribution in [0.15, 0.2) is 28.7 Å². The molecule has 0 aliphatic heterocycles. The lowest BCUT2D eigenvalue weighted by Crippen LogP contribution is -1.87. The molecule has 0 aliphatic rings. The minimum absolute atomic E-state index is 0.0352.